The van der Waals surface area contributed by atoms with Crippen molar-refractivity contribution in [2.75, 3.05) is 5.32 Å². The first kappa shape index (κ1) is 15.2. The molecule has 0 radical (unpaired) electrons. The van der Waals surface area contributed by atoms with Gasteiger partial charge in [0.25, 0.3) is 0 Å². The number of amides is 1. The van der Waals surface area contributed by atoms with Crippen molar-refractivity contribution in [3.8, 4) is 0 Å². The van der Waals surface area contributed by atoms with Crippen LogP contribution < -0.4 is 5.32 Å². The van der Waals surface area contributed by atoms with Gasteiger partial charge in [-0.3, -0.25) is 4.79 Å². The Labute approximate surface area is 150 Å². The van der Waals surface area contributed by atoms with Gasteiger partial charge in [0.2, 0.25) is 5.91 Å². The summed E-state index contributed by atoms with van der Waals surface area (Å²) in [6, 6.07) is 18.8. The van der Waals surface area contributed by atoms with Crippen LogP contribution in [-0.2, 0) is 4.79 Å². The second-order valence-corrected chi connectivity index (χ2v) is 7.96. The average molecular weight is 417 g/mol. The molecule has 2 nitrogen and oxygen atoms in total. The zero-order valence-corrected chi connectivity index (χ0v) is 15.1. The molecule has 0 aliphatic heterocycles. The Kier molecular flexibility index (Phi) is 4.14. The van der Waals surface area contributed by atoms with Crippen LogP contribution in [0.1, 0.15) is 30.7 Å². The molecule has 2 saturated carbocycles. The smallest absolute Gasteiger partial charge is 0.228 e. The predicted molar refractivity (Wildman–Crippen MR) is 101 cm³/mol. The largest absolute Gasteiger partial charge is 0.326 e. The van der Waals surface area contributed by atoms with Crippen LogP contribution in [0.3, 0.4) is 0 Å². The van der Waals surface area contributed by atoms with Crippen molar-refractivity contribution >= 4 is 34.2 Å². The molecule has 2 aromatic carbocycles. The van der Waals surface area contributed by atoms with E-state index >= 15 is 0 Å². The molecule has 2 atom stereocenters. The second-order valence-electron chi connectivity index (χ2n) is 6.72. The summed E-state index contributed by atoms with van der Waals surface area (Å²) >= 11 is 2.28. The monoisotopic (exact) mass is 417 g/mol. The van der Waals surface area contributed by atoms with Crippen LogP contribution in [0.2, 0.25) is 0 Å². The fourth-order valence-electron chi connectivity index (χ4n) is 4.56. The van der Waals surface area contributed by atoms with Crippen LogP contribution in [0.25, 0.3) is 0 Å². The number of rotatable bonds is 3. The second kappa shape index (κ2) is 6.27. The first-order valence-corrected chi connectivity index (χ1v) is 9.43. The summed E-state index contributed by atoms with van der Waals surface area (Å²) in [6.07, 6.45) is 3.63. The van der Waals surface area contributed by atoms with Crippen molar-refractivity contribution in [1.29, 1.82) is 0 Å². The van der Waals surface area contributed by atoms with E-state index in [0.29, 0.717) is 17.8 Å². The number of halogens is 1. The summed E-state index contributed by atoms with van der Waals surface area (Å²) in [4.78, 5) is 12.8. The van der Waals surface area contributed by atoms with E-state index in [1.807, 2.05) is 24.3 Å². The zero-order valence-electron chi connectivity index (χ0n) is 12.9. The minimum absolute atomic E-state index is 0.188. The molecule has 1 N–H and O–H groups in total. The Morgan fingerprint density at radius 2 is 1.61 bits per heavy atom. The summed E-state index contributed by atoms with van der Waals surface area (Å²) in [7, 11) is 0. The number of benzene rings is 2. The Morgan fingerprint density at radius 1 is 0.957 bits per heavy atom. The van der Waals surface area contributed by atoms with E-state index in [0.717, 1.165) is 5.69 Å². The van der Waals surface area contributed by atoms with Gasteiger partial charge in [-0.05, 0) is 83.0 Å². The maximum absolute atomic E-state index is 12.8. The lowest BCUT2D eigenvalue weighted by Crippen LogP contribution is -2.53. The number of hydrogen-bond donors (Lipinski definition) is 1. The van der Waals surface area contributed by atoms with Gasteiger partial charge in [-0.25, -0.2) is 0 Å². The Morgan fingerprint density at radius 3 is 2.26 bits per heavy atom. The molecule has 3 heteroatoms. The highest BCUT2D eigenvalue weighted by Gasteiger charge is 2.55. The van der Waals surface area contributed by atoms with E-state index in [2.05, 4.69) is 58.2 Å². The van der Waals surface area contributed by atoms with E-state index in [1.54, 1.807) is 0 Å². The molecular formula is C20H20INO. The van der Waals surface area contributed by atoms with E-state index < -0.39 is 0 Å². The van der Waals surface area contributed by atoms with Crippen molar-refractivity contribution in [1.82, 2.24) is 0 Å². The molecule has 0 saturated heterocycles. The molecule has 2 aliphatic carbocycles. The number of hydrogen-bond acceptors (Lipinski definition) is 1. The summed E-state index contributed by atoms with van der Waals surface area (Å²) in [5, 5.41) is 3.13. The lowest BCUT2D eigenvalue weighted by Gasteiger charge is -2.55. The molecule has 1 amide bonds. The first-order chi connectivity index (χ1) is 11.2. The first-order valence-electron chi connectivity index (χ1n) is 8.35. The molecule has 2 fully saturated rings. The van der Waals surface area contributed by atoms with Gasteiger partial charge in [0.05, 0.1) is 0 Å². The number of fused-ring (bicyclic) bond motifs is 2. The van der Waals surface area contributed by atoms with Crippen LogP contribution in [0.15, 0.2) is 54.6 Å². The maximum Gasteiger partial charge on any atom is 0.228 e. The van der Waals surface area contributed by atoms with Gasteiger partial charge < -0.3 is 5.32 Å². The van der Waals surface area contributed by atoms with Gasteiger partial charge in [-0.2, -0.15) is 0 Å². The Balaban J connectivity index is 1.50. The van der Waals surface area contributed by atoms with Crippen LogP contribution in [0.5, 0.6) is 0 Å². The van der Waals surface area contributed by atoms with Crippen molar-refractivity contribution in [3.63, 3.8) is 0 Å². The lowest BCUT2D eigenvalue weighted by molar-refractivity contribution is -0.135. The molecular weight excluding hydrogens is 397 g/mol. The maximum atomic E-state index is 12.8. The SMILES string of the molecule is O=C(Nc1ccc(I)cc1)C1[C@@H]2CCC[C@@H]1C2c1ccccc1. The lowest BCUT2D eigenvalue weighted by atomic mass is 9.48. The highest BCUT2D eigenvalue weighted by Crippen LogP contribution is 2.60. The molecule has 0 unspecified atom stereocenters. The van der Waals surface area contributed by atoms with Crippen LogP contribution >= 0.6 is 22.6 Å². The number of nitrogens with one attached hydrogen (secondary N) is 1. The van der Waals surface area contributed by atoms with E-state index in [-0.39, 0.29) is 11.8 Å². The molecule has 0 heterocycles. The minimum atomic E-state index is 0.188. The summed E-state index contributed by atoms with van der Waals surface area (Å²) in [5.41, 5.74) is 2.33. The minimum Gasteiger partial charge on any atom is -0.326 e. The molecule has 4 rings (SSSR count). The Bertz CT molecular complexity index is 685. The normalized spacial score (nSPS) is 28.7. The molecule has 0 aromatic heterocycles. The average Bonchev–Trinajstić information content (AvgIpc) is 2.58. The van der Waals surface area contributed by atoms with Crippen LogP contribution in [0, 0.1) is 21.3 Å². The quantitative estimate of drug-likeness (QED) is 0.696. The number of anilines is 1. The molecule has 2 aromatic rings. The van der Waals surface area contributed by atoms with Crippen molar-refractivity contribution in [2.45, 2.75) is 25.2 Å². The summed E-state index contributed by atoms with van der Waals surface area (Å²) in [6.45, 7) is 0. The highest BCUT2D eigenvalue weighted by atomic mass is 127. The Hall–Kier alpha value is -1.36. The van der Waals surface area contributed by atoms with Gasteiger partial charge in [-0.1, -0.05) is 36.8 Å². The highest BCUT2D eigenvalue weighted by molar-refractivity contribution is 14.1. The number of carbonyl (C=O) groups is 1. The topological polar surface area (TPSA) is 29.1 Å². The van der Waals surface area contributed by atoms with Crippen LogP contribution in [-0.4, -0.2) is 5.91 Å². The van der Waals surface area contributed by atoms with Gasteiger partial charge in [0.15, 0.2) is 0 Å². The third-order valence-corrected chi connectivity index (χ3v) is 6.24. The van der Waals surface area contributed by atoms with Gasteiger partial charge in [0.1, 0.15) is 0 Å². The molecule has 23 heavy (non-hydrogen) atoms. The number of carbonyl (C=O) groups excluding carboxylic acids is 1. The fourth-order valence-corrected chi connectivity index (χ4v) is 4.92. The zero-order chi connectivity index (χ0) is 15.8. The van der Waals surface area contributed by atoms with Crippen molar-refractivity contribution in [3.05, 3.63) is 63.7 Å². The van der Waals surface area contributed by atoms with E-state index in [4.69, 9.17) is 0 Å². The van der Waals surface area contributed by atoms with E-state index in [9.17, 15) is 4.79 Å². The fraction of sp³-hybridized carbons (Fsp3) is 0.350. The van der Waals surface area contributed by atoms with Crippen molar-refractivity contribution < 1.29 is 4.79 Å². The third kappa shape index (κ3) is 2.80. The molecule has 2 bridgehead atoms. The van der Waals surface area contributed by atoms with Gasteiger partial charge in [0, 0.05) is 15.2 Å². The summed E-state index contributed by atoms with van der Waals surface area (Å²) < 4.78 is 1.19. The van der Waals surface area contributed by atoms with Gasteiger partial charge >= 0.3 is 0 Å². The van der Waals surface area contributed by atoms with E-state index in [1.165, 1.54) is 28.4 Å². The molecule has 118 valence electrons. The van der Waals surface area contributed by atoms with Crippen molar-refractivity contribution in [2.24, 2.45) is 17.8 Å². The van der Waals surface area contributed by atoms with Gasteiger partial charge in [-0.15, -0.1) is 0 Å². The summed E-state index contributed by atoms with van der Waals surface area (Å²) in [5.74, 6) is 2.01. The molecule has 2 aliphatic rings. The standard InChI is InChI=1S/C20H20INO/c21-14-9-11-15(12-10-14)22-20(23)19-16-7-4-8-17(19)18(16)13-5-2-1-3-6-13/h1-3,5-6,9-12,16-19H,4,7-8H2,(H,22,23)/t16-,17-,18?,19?/m1/s1. The third-order valence-electron chi connectivity index (χ3n) is 5.52. The van der Waals surface area contributed by atoms with Crippen LogP contribution in [0.4, 0.5) is 5.69 Å². The predicted octanol–water partition coefficient (Wildman–Crippen LogP) is 5.06. The molecule has 0 spiro atoms.